The van der Waals surface area contributed by atoms with Crippen LogP contribution in [0.2, 0.25) is 0 Å². The van der Waals surface area contributed by atoms with Gasteiger partial charge in [0.1, 0.15) is 17.0 Å². The van der Waals surface area contributed by atoms with Crippen LogP contribution in [0.15, 0.2) is 199 Å². The zero-order chi connectivity index (χ0) is 37.7. The maximum atomic E-state index is 6.26. The van der Waals surface area contributed by atoms with E-state index in [1.165, 1.54) is 16.3 Å². The van der Waals surface area contributed by atoms with E-state index in [-0.39, 0.29) is 0 Å². The molecule has 0 spiro atoms. The van der Waals surface area contributed by atoms with Crippen molar-refractivity contribution in [1.29, 1.82) is 0 Å². The molecule has 11 aromatic rings. The number of aromatic nitrogens is 4. The fourth-order valence-electron chi connectivity index (χ4n) is 8.18. The number of hydrogen-bond donors (Lipinski definition) is 0. The lowest BCUT2D eigenvalue weighted by Gasteiger charge is -2.13. The molecule has 8 aromatic carbocycles. The van der Waals surface area contributed by atoms with Crippen LogP contribution >= 0.6 is 0 Å². The van der Waals surface area contributed by atoms with Gasteiger partial charge in [-0.1, -0.05) is 152 Å². The number of fused-ring (bicyclic) bond motifs is 6. The molecule has 0 amide bonds. The molecule has 0 saturated heterocycles. The van der Waals surface area contributed by atoms with Gasteiger partial charge in [0.2, 0.25) is 0 Å². The van der Waals surface area contributed by atoms with E-state index in [0.29, 0.717) is 18.1 Å². The molecule has 5 nitrogen and oxygen atoms in total. The SMILES string of the molecule is c1ccc(-c2nc(Cc3ccccc3-c3ccc(-n4c5ccccc5c5ccc(-c6ccc7c(c6)oc6ccccc67)cc54)cc3)nc(-c3ccccc3)n2)cc1. The predicted molar refractivity (Wildman–Crippen MR) is 232 cm³/mol. The van der Waals surface area contributed by atoms with Crippen LogP contribution in [-0.2, 0) is 6.42 Å². The highest BCUT2D eigenvalue weighted by molar-refractivity contribution is 6.11. The fourth-order valence-corrected chi connectivity index (χ4v) is 8.18. The molecule has 0 fully saturated rings. The largest absolute Gasteiger partial charge is 0.456 e. The smallest absolute Gasteiger partial charge is 0.163 e. The normalized spacial score (nSPS) is 11.6. The van der Waals surface area contributed by atoms with Crippen molar-refractivity contribution in [3.63, 3.8) is 0 Å². The van der Waals surface area contributed by atoms with E-state index in [1.807, 2.05) is 72.8 Å². The summed E-state index contributed by atoms with van der Waals surface area (Å²) in [5, 5.41) is 4.72. The average Bonchev–Trinajstić information content (AvgIpc) is 3.82. The predicted octanol–water partition coefficient (Wildman–Crippen LogP) is 13.1. The Balaban J connectivity index is 0.971. The van der Waals surface area contributed by atoms with Crippen molar-refractivity contribution in [1.82, 2.24) is 19.5 Å². The Labute approximate surface area is 329 Å². The fraction of sp³-hybridized carbons (Fsp3) is 0.0192. The molecule has 0 radical (unpaired) electrons. The van der Waals surface area contributed by atoms with E-state index in [1.54, 1.807) is 0 Å². The van der Waals surface area contributed by atoms with E-state index in [0.717, 1.165) is 77.9 Å². The topological polar surface area (TPSA) is 56.7 Å². The van der Waals surface area contributed by atoms with Crippen molar-refractivity contribution in [3.8, 4) is 50.7 Å². The first-order chi connectivity index (χ1) is 28.2. The standard InChI is InChI=1S/C52H34N4O/c1-3-13-35(14-4-1)51-53-50(54-52(55-51)36-15-5-2-6-16-36)33-39-17-7-8-18-41(39)34-23-27-40(28-24-34)56-46-21-11-9-19-42(46)43-29-25-37(31-47(43)56)38-26-30-45-44-20-10-12-22-48(44)57-49(45)32-38/h1-32H,33H2. The lowest BCUT2D eigenvalue weighted by atomic mass is 9.97. The van der Waals surface area contributed by atoms with Gasteiger partial charge in [0, 0.05) is 44.8 Å². The van der Waals surface area contributed by atoms with Crippen LogP contribution in [0.1, 0.15) is 11.4 Å². The third kappa shape index (κ3) is 5.85. The number of benzene rings is 8. The van der Waals surface area contributed by atoms with Crippen LogP contribution in [0, 0.1) is 0 Å². The van der Waals surface area contributed by atoms with Crippen LogP contribution in [0.5, 0.6) is 0 Å². The summed E-state index contributed by atoms with van der Waals surface area (Å²) in [5.74, 6) is 2.07. The van der Waals surface area contributed by atoms with Crippen molar-refractivity contribution in [2.75, 3.05) is 0 Å². The highest BCUT2D eigenvalue weighted by atomic mass is 16.3. The first-order valence-corrected chi connectivity index (χ1v) is 19.2. The summed E-state index contributed by atoms with van der Waals surface area (Å²) in [7, 11) is 0. The van der Waals surface area contributed by atoms with Gasteiger partial charge in [-0.3, -0.25) is 0 Å². The summed E-state index contributed by atoms with van der Waals surface area (Å²) in [4.78, 5) is 14.9. The van der Waals surface area contributed by atoms with E-state index in [9.17, 15) is 0 Å². The quantitative estimate of drug-likeness (QED) is 0.164. The average molecular weight is 731 g/mol. The molecule has 0 aliphatic rings. The van der Waals surface area contributed by atoms with E-state index in [4.69, 9.17) is 19.4 Å². The highest BCUT2D eigenvalue weighted by Crippen LogP contribution is 2.38. The molecule has 11 rings (SSSR count). The van der Waals surface area contributed by atoms with Gasteiger partial charge >= 0.3 is 0 Å². The maximum Gasteiger partial charge on any atom is 0.163 e. The molecule has 268 valence electrons. The Hall–Kier alpha value is -7.63. The third-order valence-electron chi connectivity index (χ3n) is 10.9. The number of para-hydroxylation sites is 2. The first-order valence-electron chi connectivity index (χ1n) is 19.2. The monoisotopic (exact) mass is 730 g/mol. The van der Waals surface area contributed by atoms with Gasteiger partial charge in [-0.05, 0) is 70.3 Å². The van der Waals surface area contributed by atoms with Gasteiger partial charge in [0.15, 0.2) is 11.6 Å². The molecule has 0 unspecified atom stereocenters. The highest BCUT2D eigenvalue weighted by Gasteiger charge is 2.17. The zero-order valence-corrected chi connectivity index (χ0v) is 30.9. The van der Waals surface area contributed by atoms with Crippen molar-refractivity contribution >= 4 is 43.7 Å². The minimum absolute atomic E-state index is 0.565. The van der Waals surface area contributed by atoms with Crippen LogP contribution in [-0.4, -0.2) is 19.5 Å². The molecule has 0 bridgehead atoms. The van der Waals surface area contributed by atoms with Crippen molar-refractivity contribution < 1.29 is 4.42 Å². The summed E-state index contributed by atoms with van der Waals surface area (Å²) in [6.07, 6.45) is 0.565. The molecule has 0 saturated carbocycles. The molecule has 0 aliphatic carbocycles. The summed E-state index contributed by atoms with van der Waals surface area (Å²) in [5.41, 5.74) is 12.9. The lowest BCUT2D eigenvalue weighted by Crippen LogP contribution is -2.04. The third-order valence-corrected chi connectivity index (χ3v) is 10.9. The van der Waals surface area contributed by atoms with E-state index in [2.05, 4.69) is 126 Å². The zero-order valence-electron chi connectivity index (χ0n) is 30.9. The van der Waals surface area contributed by atoms with Crippen LogP contribution in [0.4, 0.5) is 0 Å². The van der Waals surface area contributed by atoms with E-state index < -0.39 is 0 Å². The van der Waals surface area contributed by atoms with Crippen LogP contribution < -0.4 is 0 Å². The Bertz CT molecular complexity index is 3200. The summed E-state index contributed by atoms with van der Waals surface area (Å²) in [6.45, 7) is 0. The van der Waals surface area contributed by atoms with Crippen molar-refractivity contribution in [3.05, 3.63) is 206 Å². The molecule has 3 aromatic heterocycles. The second kappa shape index (κ2) is 13.6. The Kier molecular flexibility index (Phi) is 7.81. The molecule has 0 N–H and O–H groups in total. The lowest BCUT2D eigenvalue weighted by molar-refractivity contribution is 0.669. The van der Waals surface area contributed by atoms with Gasteiger partial charge in [0.25, 0.3) is 0 Å². The van der Waals surface area contributed by atoms with Crippen LogP contribution in [0.3, 0.4) is 0 Å². The Morgan fingerprint density at radius 3 is 1.70 bits per heavy atom. The number of hydrogen-bond acceptors (Lipinski definition) is 4. The molecular formula is C52H34N4O. The number of rotatable bonds is 7. The minimum atomic E-state index is 0.565. The Morgan fingerprint density at radius 1 is 0.386 bits per heavy atom. The molecule has 0 aliphatic heterocycles. The van der Waals surface area contributed by atoms with Gasteiger partial charge in [-0.15, -0.1) is 0 Å². The van der Waals surface area contributed by atoms with Gasteiger partial charge < -0.3 is 8.98 Å². The summed E-state index contributed by atoms with van der Waals surface area (Å²) >= 11 is 0. The summed E-state index contributed by atoms with van der Waals surface area (Å²) in [6, 6.07) is 67.9. The summed E-state index contributed by atoms with van der Waals surface area (Å²) < 4.78 is 8.64. The van der Waals surface area contributed by atoms with Crippen LogP contribution in [0.25, 0.3) is 94.5 Å². The molecular weight excluding hydrogens is 697 g/mol. The maximum absolute atomic E-state index is 6.26. The van der Waals surface area contributed by atoms with E-state index >= 15 is 0 Å². The molecule has 5 heteroatoms. The van der Waals surface area contributed by atoms with Gasteiger partial charge in [0.05, 0.1) is 11.0 Å². The van der Waals surface area contributed by atoms with Crippen molar-refractivity contribution in [2.45, 2.75) is 6.42 Å². The number of nitrogens with zero attached hydrogens (tertiary/aromatic N) is 4. The van der Waals surface area contributed by atoms with Gasteiger partial charge in [-0.25, -0.2) is 15.0 Å². The van der Waals surface area contributed by atoms with Crippen molar-refractivity contribution in [2.24, 2.45) is 0 Å². The first kappa shape index (κ1) is 32.8. The second-order valence-electron chi connectivity index (χ2n) is 14.4. The Morgan fingerprint density at radius 2 is 0.947 bits per heavy atom. The molecule has 0 atom stereocenters. The molecule has 3 heterocycles. The second-order valence-corrected chi connectivity index (χ2v) is 14.4. The van der Waals surface area contributed by atoms with Gasteiger partial charge in [-0.2, -0.15) is 0 Å². The minimum Gasteiger partial charge on any atom is -0.456 e. The number of furan rings is 1. The molecule has 57 heavy (non-hydrogen) atoms.